The van der Waals surface area contributed by atoms with E-state index in [4.69, 9.17) is 0 Å². The molecule has 0 aliphatic carbocycles. The van der Waals surface area contributed by atoms with Crippen LogP contribution in [-0.2, 0) is 0 Å². The fraction of sp³-hybridized carbons (Fsp3) is 0.0909. The molecule has 2 nitrogen and oxygen atoms in total. The standard InChI is InChI=1S/C33H26N2/c1-22(2)32-31(35-29-18-10-6-14-24(29)25-15-7-11-19-30(25)35)21-20-27-26-16-8-9-17-28(26)34(33(27)32)23-12-4-3-5-13-23/h3-22H,1-2H3. The molecule has 0 saturated heterocycles. The molecule has 2 aromatic heterocycles. The molecule has 35 heavy (non-hydrogen) atoms. The van der Waals surface area contributed by atoms with E-state index in [1.807, 2.05) is 0 Å². The van der Waals surface area contributed by atoms with Crippen molar-refractivity contribution in [2.75, 3.05) is 0 Å². The molecule has 0 bridgehead atoms. The van der Waals surface area contributed by atoms with Crippen molar-refractivity contribution in [2.45, 2.75) is 19.8 Å². The fourth-order valence-electron chi connectivity index (χ4n) is 5.86. The zero-order chi connectivity index (χ0) is 23.5. The summed E-state index contributed by atoms with van der Waals surface area (Å²) < 4.78 is 4.92. The summed E-state index contributed by atoms with van der Waals surface area (Å²) in [6, 6.07) is 41.7. The number of aromatic nitrogens is 2. The van der Waals surface area contributed by atoms with Gasteiger partial charge in [0.15, 0.2) is 0 Å². The van der Waals surface area contributed by atoms with Crippen molar-refractivity contribution in [3.05, 3.63) is 121 Å². The molecular formula is C33H26N2. The number of fused-ring (bicyclic) bond motifs is 6. The van der Waals surface area contributed by atoms with Gasteiger partial charge in [0.1, 0.15) is 0 Å². The average Bonchev–Trinajstić information content (AvgIpc) is 3.41. The van der Waals surface area contributed by atoms with Crippen LogP contribution in [0.25, 0.3) is 55.0 Å². The van der Waals surface area contributed by atoms with Crippen molar-refractivity contribution < 1.29 is 0 Å². The number of benzene rings is 5. The van der Waals surface area contributed by atoms with Gasteiger partial charge in [0.25, 0.3) is 0 Å². The van der Waals surface area contributed by atoms with E-state index in [0.29, 0.717) is 5.92 Å². The van der Waals surface area contributed by atoms with Crippen LogP contribution in [0, 0.1) is 0 Å². The summed E-state index contributed by atoms with van der Waals surface area (Å²) >= 11 is 0. The summed E-state index contributed by atoms with van der Waals surface area (Å²) in [7, 11) is 0. The highest BCUT2D eigenvalue weighted by atomic mass is 15.0. The van der Waals surface area contributed by atoms with Gasteiger partial charge in [-0.3, -0.25) is 0 Å². The SMILES string of the molecule is CC(C)c1c(-n2c3ccccc3c3ccccc32)ccc2c3ccccc3n(-c3ccccc3)c12. The van der Waals surface area contributed by atoms with E-state index in [9.17, 15) is 0 Å². The smallest absolute Gasteiger partial charge is 0.0596 e. The summed E-state index contributed by atoms with van der Waals surface area (Å²) in [5, 5.41) is 5.18. The van der Waals surface area contributed by atoms with Gasteiger partial charge in [-0.1, -0.05) is 92.7 Å². The second kappa shape index (κ2) is 7.61. The van der Waals surface area contributed by atoms with Crippen LogP contribution in [0.2, 0.25) is 0 Å². The van der Waals surface area contributed by atoms with Crippen LogP contribution in [0.4, 0.5) is 0 Å². The Morgan fingerprint density at radius 1 is 0.457 bits per heavy atom. The second-order valence-corrected chi connectivity index (χ2v) is 9.61. The normalized spacial score (nSPS) is 12.0. The molecular weight excluding hydrogens is 424 g/mol. The van der Waals surface area contributed by atoms with E-state index in [2.05, 4.69) is 138 Å². The van der Waals surface area contributed by atoms with Crippen LogP contribution in [-0.4, -0.2) is 9.13 Å². The van der Waals surface area contributed by atoms with Crippen LogP contribution < -0.4 is 0 Å². The molecule has 0 amide bonds. The summed E-state index contributed by atoms with van der Waals surface area (Å²) in [5.74, 6) is 0.334. The van der Waals surface area contributed by atoms with Gasteiger partial charge in [0, 0.05) is 32.8 Å². The van der Waals surface area contributed by atoms with Gasteiger partial charge in [0.05, 0.1) is 27.8 Å². The van der Waals surface area contributed by atoms with Crippen molar-refractivity contribution in [1.29, 1.82) is 0 Å². The van der Waals surface area contributed by atoms with Crippen LogP contribution in [0.5, 0.6) is 0 Å². The molecule has 0 radical (unpaired) electrons. The third kappa shape index (κ3) is 2.83. The van der Waals surface area contributed by atoms with Crippen molar-refractivity contribution in [3.63, 3.8) is 0 Å². The van der Waals surface area contributed by atoms with Gasteiger partial charge in [-0.2, -0.15) is 0 Å². The molecule has 168 valence electrons. The van der Waals surface area contributed by atoms with Crippen LogP contribution >= 0.6 is 0 Å². The molecule has 0 atom stereocenters. The maximum absolute atomic E-state index is 2.46. The summed E-state index contributed by atoms with van der Waals surface area (Å²) in [4.78, 5) is 0. The maximum atomic E-state index is 2.46. The van der Waals surface area contributed by atoms with E-state index in [1.165, 1.54) is 60.5 Å². The molecule has 0 N–H and O–H groups in total. The molecule has 0 aliphatic heterocycles. The highest BCUT2D eigenvalue weighted by Crippen LogP contribution is 2.41. The van der Waals surface area contributed by atoms with E-state index < -0.39 is 0 Å². The van der Waals surface area contributed by atoms with Crippen molar-refractivity contribution >= 4 is 43.6 Å². The number of hydrogen-bond donors (Lipinski definition) is 0. The molecule has 2 heterocycles. The van der Waals surface area contributed by atoms with Gasteiger partial charge < -0.3 is 9.13 Å². The van der Waals surface area contributed by atoms with Gasteiger partial charge in [0.2, 0.25) is 0 Å². The minimum atomic E-state index is 0.334. The van der Waals surface area contributed by atoms with Gasteiger partial charge in [-0.25, -0.2) is 0 Å². The third-order valence-electron chi connectivity index (χ3n) is 7.27. The summed E-state index contributed by atoms with van der Waals surface area (Å²) in [5.41, 5.74) is 8.86. The second-order valence-electron chi connectivity index (χ2n) is 9.61. The lowest BCUT2D eigenvalue weighted by molar-refractivity contribution is 0.857. The topological polar surface area (TPSA) is 9.86 Å². The molecule has 7 rings (SSSR count). The molecule has 0 aliphatic rings. The monoisotopic (exact) mass is 450 g/mol. The average molecular weight is 451 g/mol. The van der Waals surface area contributed by atoms with E-state index >= 15 is 0 Å². The predicted octanol–water partition coefficient (Wildman–Crippen LogP) is 9.00. The lowest BCUT2D eigenvalue weighted by Gasteiger charge is -2.20. The minimum Gasteiger partial charge on any atom is -0.309 e. The van der Waals surface area contributed by atoms with Gasteiger partial charge in [-0.15, -0.1) is 0 Å². The Bertz CT molecular complexity index is 1810. The fourth-order valence-corrected chi connectivity index (χ4v) is 5.86. The highest BCUT2D eigenvalue weighted by Gasteiger charge is 2.22. The van der Waals surface area contributed by atoms with Gasteiger partial charge >= 0.3 is 0 Å². The first kappa shape index (κ1) is 20.1. The predicted molar refractivity (Wildman–Crippen MR) is 149 cm³/mol. The molecule has 7 aromatic rings. The zero-order valence-corrected chi connectivity index (χ0v) is 19.9. The van der Waals surface area contributed by atoms with Gasteiger partial charge in [-0.05, 0) is 42.3 Å². The molecule has 0 fully saturated rings. The molecule has 0 spiro atoms. The molecule has 2 heteroatoms. The third-order valence-corrected chi connectivity index (χ3v) is 7.27. The number of hydrogen-bond acceptors (Lipinski definition) is 0. The number of rotatable bonds is 3. The first-order chi connectivity index (χ1) is 17.2. The lowest BCUT2D eigenvalue weighted by atomic mass is 9.97. The van der Waals surface area contributed by atoms with Crippen LogP contribution in [0.1, 0.15) is 25.3 Å². The maximum Gasteiger partial charge on any atom is 0.0596 e. The van der Waals surface area contributed by atoms with Crippen LogP contribution in [0.3, 0.4) is 0 Å². The Morgan fingerprint density at radius 3 is 1.51 bits per heavy atom. The van der Waals surface area contributed by atoms with Crippen molar-refractivity contribution in [3.8, 4) is 11.4 Å². The van der Waals surface area contributed by atoms with Crippen LogP contribution in [0.15, 0.2) is 115 Å². The highest BCUT2D eigenvalue weighted by molar-refractivity contribution is 6.13. The van der Waals surface area contributed by atoms with Crippen molar-refractivity contribution in [2.24, 2.45) is 0 Å². The Hall–Kier alpha value is -4.30. The zero-order valence-electron chi connectivity index (χ0n) is 19.9. The number of para-hydroxylation sites is 4. The first-order valence-corrected chi connectivity index (χ1v) is 12.3. The Kier molecular flexibility index (Phi) is 4.37. The Labute approximate surface area is 204 Å². The molecule has 0 saturated carbocycles. The molecule has 5 aromatic carbocycles. The quantitative estimate of drug-likeness (QED) is 0.254. The van der Waals surface area contributed by atoms with E-state index in [1.54, 1.807) is 0 Å². The Balaban J connectivity index is 1.70. The summed E-state index contributed by atoms with van der Waals surface area (Å²) in [6.07, 6.45) is 0. The minimum absolute atomic E-state index is 0.334. The Morgan fingerprint density at radius 2 is 0.943 bits per heavy atom. The van der Waals surface area contributed by atoms with E-state index in [-0.39, 0.29) is 0 Å². The molecule has 0 unspecified atom stereocenters. The largest absolute Gasteiger partial charge is 0.309 e. The number of nitrogens with zero attached hydrogens (tertiary/aromatic N) is 2. The van der Waals surface area contributed by atoms with Crippen molar-refractivity contribution in [1.82, 2.24) is 9.13 Å². The first-order valence-electron chi connectivity index (χ1n) is 12.3. The summed E-state index contributed by atoms with van der Waals surface area (Å²) in [6.45, 7) is 4.64. The lowest BCUT2D eigenvalue weighted by Crippen LogP contribution is -2.05. The van der Waals surface area contributed by atoms with E-state index in [0.717, 1.165) is 0 Å².